The van der Waals surface area contributed by atoms with Crippen molar-refractivity contribution in [1.82, 2.24) is 0 Å². The second-order valence-corrected chi connectivity index (χ2v) is 13.6. The van der Waals surface area contributed by atoms with Crippen LogP contribution in [0.1, 0.15) is 87.0 Å². The van der Waals surface area contributed by atoms with Crippen molar-refractivity contribution in [3.8, 4) is 0 Å². The third-order valence-corrected chi connectivity index (χ3v) is 11.5. The van der Waals surface area contributed by atoms with Crippen LogP contribution in [0, 0.1) is 39.4 Å². The van der Waals surface area contributed by atoms with Gasteiger partial charge >= 0.3 is 5.97 Å². The number of allylic oxidation sites excluding steroid dienone is 2. The average molecular weight is 497 g/mol. The van der Waals surface area contributed by atoms with Crippen LogP contribution in [0.2, 0.25) is 0 Å². The molecule has 0 spiro atoms. The average Bonchev–Trinajstić information content (AvgIpc) is 3.23. The molecule has 36 heavy (non-hydrogen) atoms. The maximum atomic E-state index is 14.1. The van der Waals surface area contributed by atoms with Gasteiger partial charge in [-0.05, 0) is 67.8 Å². The third kappa shape index (κ3) is 3.06. The molecular formula is C30H40O6. The molecule has 6 heteroatoms. The zero-order chi connectivity index (χ0) is 26.6. The van der Waals surface area contributed by atoms with E-state index in [0.717, 1.165) is 12.8 Å². The van der Waals surface area contributed by atoms with Crippen LogP contribution in [0.5, 0.6) is 0 Å². The van der Waals surface area contributed by atoms with E-state index in [-0.39, 0.29) is 54.1 Å². The lowest BCUT2D eigenvalue weighted by atomic mass is 9.42. The van der Waals surface area contributed by atoms with Gasteiger partial charge in [0.25, 0.3) is 0 Å². The van der Waals surface area contributed by atoms with Crippen molar-refractivity contribution in [3.63, 3.8) is 0 Å². The Morgan fingerprint density at radius 2 is 1.69 bits per heavy atom. The summed E-state index contributed by atoms with van der Waals surface area (Å²) < 4.78 is 5.51. The van der Waals surface area contributed by atoms with Crippen molar-refractivity contribution in [3.05, 3.63) is 22.8 Å². The fourth-order valence-corrected chi connectivity index (χ4v) is 9.09. The van der Waals surface area contributed by atoms with Gasteiger partial charge in [-0.3, -0.25) is 14.4 Å². The lowest BCUT2D eigenvalue weighted by Gasteiger charge is -2.59. The molecule has 0 saturated heterocycles. The summed E-state index contributed by atoms with van der Waals surface area (Å²) in [6.45, 7) is 13.9. The van der Waals surface area contributed by atoms with Gasteiger partial charge in [0.2, 0.25) is 0 Å². The minimum absolute atomic E-state index is 0.0128. The number of hydrogen-bond acceptors (Lipinski definition) is 6. The van der Waals surface area contributed by atoms with Gasteiger partial charge in [0.15, 0.2) is 11.6 Å². The molecule has 8 atom stereocenters. The maximum Gasteiger partial charge on any atom is 0.334 e. The van der Waals surface area contributed by atoms with Gasteiger partial charge in [0, 0.05) is 41.4 Å². The summed E-state index contributed by atoms with van der Waals surface area (Å²) in [6, 6.07) is 0. The summed E-state index contributed by atoms with van der Waals surface area (Å²) in [4.78, 5) is 53.4. The normalized spacial score (nSPS) is 44.6. The van der Waals surface area contributed by atoms with Gasteiger partial charge in [0.1, 0.15) is 11.9 Å². The van der Waals surface area contributed by atoms with E-state index in [1.807, 2.05) is 26.8 Å². The monoisotopic (exact) mass is 496 g/mol. The number of aliphatic hydroxyl groups excluding tert-OH is 1. The molecule has 0 radical (unpaired) electrons. The molecule has 0 bridgehead atoms. The summed E-state index contributed by atoms with van der Waals surface area (Å²) in [6.07, 6.45) is 3.69. The molecule has 1 aliphatic heterocycles. The molecule has 0 aromatic rings. The lowest BCUT2D eigenvalue weighted by molar-refractivity contribution is -0.158. The standard InChI is InChI=1S/C30H40O6/c1-15(10-17-11-16(2)26(35)36-17)18-8-9-28(5)24-19(31)12-21-27(3,4)22(33)13-23(34)30(21,7)25(24)20(32)14-29(18,28)6/h11,15,17-18,21-22,33H,8-10,12-14H2,1-7H3. The van der Waals surface area contributed by atoms with Crippen molar-refractivity contribution in [2.24, 2.45) is 39.4 Å². The molecule has 8 unspecified atom stereocenters. The highest BCUT2D eigenvalue weighted by atomic mass is 16.5. The predicted molar refractivity (Wildman–Crippen MR) is 134 cm³/mol. The van der Waals surface area contributed by atoms with Crippen LogP contribution in [0.4, 0.5) is 0 Å². The van der Waals surface area contributed by atoms with E-state index in [9.17, 15) is 24.3 Å². The lowest BCUT2D eigenvalue weighted by Crippen LogP contribution is -2.62. The number of aliphatic hydroxyl groups is 1. The van der Waals surface area contributed by atoms with Gasteiger partial charge in [-0.2, -0.15) is 0 Å². The Balaban J connectivity index is 1.56. The van der Waals surface area contributed by atoms with Crippen molar-refractivity contribution in [2.45, 2.75) is 99.2 Å². The number of hydrogen-bond donors (Lipinski definition) is 1. The number of carbonyl (C=O) groups is 4. The molecule has 5 rings (SSSR count). The zero-order valence-electron chi connectivity index (χ0n) is 22.7. The van der Waals surface area contributed by atoms with Crippen LogP contribution in [-0.4, -0.2) is 40.6 Å². The molecule has 5 aliphatic rings. The molecule has 2 saturated carbocycles. The minimum atomic E-state index is -1.04. The number of ether oxygens (including phenoxy) is 1. The first-order chi connectivity index (χ1) is 16.6. The van der Waals surface area contributed by atoms with E-state index in [4.69, 9.17) is 4.74 Å². The van der Waals surface area contributed by atoms with E-state index in [1.54, 1.807) is 6.92 Å². The smallest absolute Gasteiger partial charge is 0.334 e. The summed E-state index contributed by atoms with van der Waals surface area (Å²) in [7, 11) is 0. The first kappa shape index (κ1) is 25.6. The van der Waals surface area contributed by atoms with Crippen LogP contribution in [0.25, 0.3) is 0 Å². The van der Waals surface area contributed by atoms with Gasteiger partial charge in [-0.1, -0.05) is 34.6 Å². The van der Waals surface area contributed by atoms with Gasteiger partial charge in [-0.25, -0.2) is 4.79 Å². The molecule has 196 valence electrons. The molecule has 0 aromatic carbocycles. The summed E-state index contributed by atoms with van der Waals surface area (Å²) in [5.41, 5.74) is -0.928. The fourth-order valence-electron chi connectivity index (χ4n) is 9.09. The number of rotatable bonds is 3. The number of fused-ring (bicyclic) bond motifs is 4. The third-order valence-electron chi connectivity index (χ3n) is 11.5. The molecule has 0 amide bonds. The van der Waals surface area contributed by atoms with Crippen LogP contribution >= 0.6 is 0 Å². The molecule has 0 aromatic heterocycles. The second-order valence-electron chi connectivity index (χ2n) is 13.6. The number of ketones is 3. The summed E-state index contributed by atoms with van der Waals surface area (Å²) in [5.74, 6) is -0.501. The van der Waals surface area contributed by atoms with Crippen LogP contribution in [0.3, 0.4) is 0 Å². The quantitative estimate of drug-likeness (QED) is 0.577. The molecule has 6 nitrogen and oxygen atoms in total. The maximum absolute atomic E-state index is 14.1. The van der Waals surface area contributed by atoms with Crippen molar-refractivity contribution < 1.29 is 29.0 Å². The van der Waals surface area contributed by atoms with E-state index >= 15 is 0 Å². The van der Waals surface area contributed by atoms with Gasteiger partial charge in [-0.15, -0.1) is 0 Å². The first-order valence-electron chi connectivity index (χ1n) is 13.5. The first-order valence-corrected chi connectivity index (χ1v) is 13.5. The Hall–Kier alpha value is -2.08. The number of cyclic esters (lactones) is 1. The molecule has 1 N–H and O–H groups in total. The molecule has 1 heterocycles. The predicted octanol–water partition coefficient (Wildman–Crippen LogP) is 4.53. The molecule has 4 aliphatic carbocycles. The second kappa shape index (κ2) is 7.72. The topological polar surface area (TPSA) is 97.7 Å². The van der Waals surface area contributed by atoms with Crippen LogP contribution in [-0.2, 0) is 23.9 Å². The van der Waals surface area contributed by atoms with E-state index in [2.05, 4.69) is 20.8 Å². The Bertz CT molecular complexity index is 1140. The summed E-state index contributed by atoms with van der Waals surface area (Å²) >= 11 is 0. The van der Waals surface area contributed by atoms with Crippen LogP contribution in [0.15, 0.2) is 22.8 Å². The highest BCUT2D eigenvalue weighted by molar-refractivity contribution is 6.15. The SMILES string of the molecule is CC1=CC(CC(C)C2CCC3(C)C4=C(C(=O)CC23C)C2(C)C(=O)CC(O)C(C)(C)C2CC4=O)OC1=O. The Kier molecular flexibility index (Phi) is 5.48. The molecule has 2 fully saturated rings. The van der Waals surface area contributed by atoms with E-state index < -0.39 is 33.7 Å². The van der Waals surface area contributed by atoms with Crippen molar-refractivity contribution in [1.29, 1.82) is 0 Å². The van der Waals surface area contributed by atoms with Gasteiger partial charge < -0.3 is 9.84 Å². The van der Waals surface area contributed by atoms with Crippen molar-refractivity contribution >= 4 is 23.3 Å². The van der Waals surface area contributed by atoms with Crippen LogP contribution < -0.4 is 0 Å². The highest BCUT2D eigenvalue weighted by Crippen LogP contribution is 2.70. The zero-order valence-corrected chi connectivity index (χ0v) is 22.7. The highest BCUT2D eigenvalue weighted by Gasteiger charge is 2.69. The number of esters is 1. The number of Topliss-reactive ketones (excluding diaryl/α,β-unsaturated/α-hetero) is 3. The Morgan fingerprint density at radius 3 is 2.31 bits per heavy atom. The van der Waals surface area contributed by atoms with E-state index in [1.165, 1.54) is 0 Å². The number of carbonyl (C=O) groups excluding carboxylic acids is 4. The molecular weight excluding hydrogens is 456 g/mol. The van der Waals surface area contributed by atoms with Crippen molar-refractivity contribution in [2.75, 3.05) is 0 Å². The minimum Gasteiger partial charge on any atom is -0.455 e. The van der Waals surface area contributed by atoms with E-state index in [0.29, 0.717) is 29.6 Å². The Labute approximate surface area is 213 Å². The fraction of sp³-hybridized carbons (Fsp3) is 0.733. The summed E-state index contributed by atoms with van der Waals surface area (Å²) in [5, 5.41) is 10.7. The Morgan fingerprint density at radius 1 is 1.03 bits per heavy atom. The largest absolute Gasteiger partial charge is 0.455 e. The van der Waals surface area contributed by atoms with Gasteiger partial charge in [0.05, 0.1) is 11.5 Å².